The number of thiophene rings is 1. The third kappa shape index (κ3) is 3.39. The lowest BCUT2D eigenvalue weighted by Crippen LogP contribution is -2.29. The molecule has 116 valence electrons. The number of sulfone groups is 1. The van der Waals surface area contributed by atoms with Gasteiger partial charge in [0, 0.05) is 12.1 Å². The Labute approximate surface area is 134 Å². The SMILES string of the molecule is O=C(NCC1CCS(=O)(=O)C1)c1sccc1-c1ccccc1. The van der Waals surface area contributed by atoms with Crippen molar-refractivity contribution in [1.82, 2.24) is 5.32 Å². The van der Waals surface area contributed by atoms with E-state index in [-0.39, 0.29) is 23.3 Å². The zero-order chi connectivity index (χ0) is 15.6. The number of amides is 1. The molecule has 1 aliphatic heterocycles. The molecule has 1 aromatic carbocycles. The Morgan fingerprint density at radius 2 is 2.00 bits per heavy atom. The molecule has 1 N–H and O–H groups in total. The lowest BCUT2D eigenvalue weighted by atomic mass is 10.1. The third-order valence-corrected chi connectivity index (χ3v) is 6.58. The van der Waals surface area contributed by atoms with Gasteiger partial charge >= 0.3 is 0 Å². The van der Waals surface area contributed by atoms with Crippen molar-refractivity contribution in [1.29, 1.82) is 0 Å². The summed E-state index contributed by atoms with van der Waals surface area (Å²) in [5, 5.41) is 4.78. The van der Waals surface area contributed by atoms with Crippen molar-refractivity contribution in [3.63, 3.8) is 0 Å². The average Bonchev–Trinajstić information content (AvgIpc) is 3.12. The highest BCUT2D eigenvalue weighted by molar-refractivity contribution is 7.91. The van der Waals surface area contributed by atoms with Gasteiger partial charge in [0.1, 0.15) is 0 Å². The monoisotopic (exact) mass is 335 g/mol. The van der Waals surface area contributed by atoms with Crippen LogP contribution in [0.15, 0.2) is 41.8 Å². The lowest BCUT2D eigenvalue weighted by Gasteiger charge is -2.10. The van der Waals surface area contributed by atoms with Crippen LogP contribution in [0, 0.1) is 5.92 Å². The van der Waals surface area contributed by atoms with E-state index in [9.17, 15) is 13.2 Å². The van der Waals surface area contributed by atoms with Crippen LogP contribution in [-0.2, 0) is 9.84 Å². The van der Waals surface area contributed by atoms with E-state index in [1.165, 1.54) is 11.3 Å². The molecule has 2 heterocycles. The Morgan fingerprint density at radius 1 is 1.23 bits per heavy atom. The maximum atomic E-state index is 12.4. The molecule has 0 spiro atoms. The van der Waals surface area contributed by atoms with Gasteiger partial charge in [-0.2, -0.15) is 0 Å². The van der Waals surface area contributed by atoms with Gasteiger partial charge in [-0.05, 0) is 29.3 Å². The molecule has 0 aliphatic carbocycles. The average molecular weight is 335 g/mol. The minimum absolute atomic E-state index is 0.0362. The molecular weight excluding hydrogens is 318 g/mol. The molecule has 6 heteroatoms. The Bertz CT molecular complexity index is 766. The van der Waals surface area contributed by atoms with Gasteiger partial charge < -0.3 is 5.32 Å². The van der Waals surface area contributed by atoms with E-state index < -0.39 is 9.84 Å². The molecule has 1 aromatic heterocycles. The van der Waals surface area contributed by atoms with Gasteiger partial charge in [0.25, 0.3) is 5.91 Å². The molecule has 1 aliphatic rings. The standard InChI is InChI=1S/C16H17NO3S2/c18-16(17-10-12-7-9-22(19,20)11-12)15-14(6-8-21-15)13-4-2-1-3-5-13/h1-6,8,12H,7,9-11H2,(H,17,18). The summed E-state index contributed by atoms with van der Waals surface area (Å²) in [7, 11) is -2.90. The fourth-order valence-electron chi connectivity index (χ4n) is 2.68. The topological polar surface area (TPSA) is 63.2 Å². The van der Waals surface area contributed by atoms with Crippen LogP contribution < -0.4 is 5.32 Å². The molecular formula is C16H17NO3S2. The predicted octanol–water partition coefficient (Wildman–Crippen LogP) is 2.58. The molecule has 1 fully saturated rings. The van der Waals surface area contributed by atoms with E-state index >= 15 is 0 Å². The number of carbonyl (C=O) groups is 1. The Hall–Kier alpha value is -1.66. The van der Waals surface area contributed by atoms with E-state index in [1.807, 2.05) is 41.8 Å². The number of benzene rings is 1. The van der Waals surface area contributed by atoms with Crippen molar-refractivity contribution < 1.29 is 13.2 Å². The second-order valence-electron chi connectivity index (χ2n) is 5.51. The summed E-state index contributed by atoms with van der Waals surface area (Å²) in [4.78, 5) is 13.0. The first kappa shape index (κ1) is 15.2. The van der Waals surface area contributed by atoms with Gasteiger partial charge in [0.05, 0.1) is 16.4 Å². The van der Waals surface area contributed by atoms with Crippen LogP contribution in [0.5, 0.6) is 0 Å². The number of hydrogen-bond acceptors (Lipinski definition) is 4. The Morgan fingerprint density at radius 3 is 2.68 bits per heavy atom. The molecule has 3 rings (SSSR count). The fraction of sp³-hybridized carbons (Fsp3) is 0.312. The molecule has 4 nitrogen and oxygen atoms in total. The second-order valence-corrected chi connectivity index (χ2v) is 8.65. The second kappa shape index (κ2) is 6.22. The van der Waals surface area contributed by atoms with Crippen LogP contribution in [0.2, 0.25) is 0 Å². The molecule has 1 atom stereocenters. The summed E-state index contributed by atoms with van der Waals surface area (Å²) in [5.41, 5.74) is 1.93. The Balaban J connectivity index is 1.68. The summed E-state index contributed by atoms with van der Waals surface area (Å²) in [6.07, 6.45) is 0.637. The minimum atomic E-state index is -2.90. The van der Waals surface area contributed by atoms with E-state index in [0.29, 0.717) is 17.8 Å². The maximum absolute atomic E-state index is 12.4. The van der Waals surface area contributed by atoms with Gasteiger partial charge in [-0.15, -0.1) is 11.3 Å². The molecule has 0 saturated carbocycles. The fourth-order valence-corrected chi connectivity index (χ4v) is 5.37. The largest absolute Gasteiger partial charge is 0.351 e. The first-order valence-electron chi connectivity index (χ1n) is 7.17. The molecule has 1 amide bonds. The van der Waals surface area contributed by atoms with Crippen molar-refractivity contribution in [2.24, 2.45) is 5.92 Å². The van der Waals surface area contributed by atoms with Gasteiger partial charge in [0.2, 0.25) is 0 Å². The maximum Gasteiger partial charge on any atom is 0.261 e. The van der Waals surface area contributed by atoms with Crippen LogP contribution in [0.25, 0.3) is 11.1 Å². The molecule has 22 heavy (non-hydrogen) atoms. The number of hydrogen-bond donors (Lipinski definition) is 1. The molecule has 1 unspecified atom stereocenters. The highest BCUT2D eigenvalue weighted by Gasteiger charge is 2.28. The first-order valence-corrected chi connectivity index (χ1v) is 9.87. The number of rotatable bonds is 4. The minimum Gasteiger partial charge on any atom is -0.351 e. The van der Waals surface area contributed by atoms with Crippen LogP contribution in [0.4, 0.5) is 0 Å². The quantitative estimate of drug-likeness (QED) is 0.934. The van der Waals surface area contributed by atoms with Gasteiger partial charge in [0.15, 0.2) is 9.84 Å². The van der Waals surface area contributed by atoms with Crippen LogP contribution in [0.1, 0.15) is 16.1 Å². The zero-order valence-electron chi connectivity index (χ0n) is 12.0. The molecule has 0 radical (unpaired) electrons. The highest BCUT2D eigenvalue weighted by atomic mass is 32.2. The van der Waals surface area contributed by atoms with Gasteiger partial charge in [-0.1, -0.05) is 30.3 Å². The van der Waals surface area contributed by atoms with E-state index in [4.69, 9.17) is 0 Å². The van der Waals surface area contributed by atoms with Crippen molar-refractivity contribution in [2.45, 2.75) is 6.42 Å². The predicted molar refractivity (Wildman–Crippen MR) is 88.8 cm³/mol. The third-order valence-electron chi connectivity index (χ3n) is 3.83. The van der Waals surface area contributed by atoms with Crippen molar-refractivity contribution >= 4 is 27.1 Å². The van der Waals surface area contributed by atoms with Gasteiger partial charge in [-0.3, -0.25) is 4.79 Å². The smallest absolute Gasteiger partial charge is 0.261 e. The van der Waals surface area contributed by atoms with Crippen molar-refractivity contribution in [3.05, 3.63) is 46.7 Å². The van der Waals surface area contributed by atoms with Crippen molar-refractivity contribution in [3.8, 4) is 11.1 Å². The molecule has 1 saturated heterocycles. The van der Waals surface area contributed by atoms with Crippen LogP contribution in [0.3, 0.4) is 0 Å². The van der Waals surface area contributed by atoms with Crippen LogP contribution in [-0.4, -0.2) is 32.4 Å². The van der Waals surface area contributed by atoms with Crippen LogP contribution >= 0.6 is 11.3 Å². The zero-order valence-corrected chi connectivity index (χ0v) is 13.6. The Kier molecular flexibility index (Phi) is 4.31. The molecule has 0 bridgehead atoms. The van der Waals surface area contributed by atoms with E-state index in [0.717, 1.165) is 11.1 Å². The summed E-state index contributed by atoms with van der Waals surface area (Å²) in [6.45, 7) is 0.421. The lowest BCUT2D eigenvalue weighted by molar-refractivity contribution is 0.0953. The number of nitrogens with one attached hydrogen (secondary N) is 1. The first-order chi connectivity index (χ1) is 10.6. The molecule has 2 aromatic rings. The van der Waals surface area contributed by atoms with Gasteiger partial charge in [-0.25, -0.2) is 8.42 Å². The normalized spacial score (nSPS) is 19.9. The van der Waals surface area contributed by atoms with E-state index in [1.54, 1.807) is 0 Å². The summed E-state index contributed by atoms with van der Waals surface area (Å²) in [5.74, 6) is 0.331. The van der Waals surface area contributed by atoms with Crippen molar-refractivity contribution in [2.75, 3.05) is 18.1 Å². The summed E-state index contributed by atoms with van der Waals surface area (Å²) >= 11 is 1.40. The highest BCUT2D eigenvalue weighted by Crippen LogP contribution is 2.28. The summed E-state index contributed by atoms with van der Waals surface area (Å²) < 4.78 is 22.9. The number of carbonyl (C=O) groups excluding carboxylic acids is 1. The summed E-state index contributed by atoms with van der Waals surface area (Å²) in [6, 6.07) is 11.7. The van der Waals surface area contributed by atoms with E-state index in [2.05, 4.69) is 5.32 Å².